The van der Waals surface area contributed by atoms with Crippen LogP contribution < -0.4 is 11.1 Å². The fourth-order valence-electron chi connectivity index (χ4n) is 1.33. The smallest absolute Gasteiger partial charge is 0.250 e. The quantitative estimate of drug-likeness (QED) is 0.585. The van der Waals surface area contributed by atoms with Gasteiger partial charge in [-0.3, -0.25) is 4.79 Å². The van der Waals surface area contributed by atoms with Crippen LogP contribution in [0.15, 0.2) is 18.2 Å². The zero-order valence-electron chi connectivity index (χ0n) is 11.1. The Balaban J connectivity index is 2.25. The maximum absolute atomic E-state index is 12.9. The summed E-state index contributed by atoms with van der Waals surface area (Å²) < 4.78 is 23.3. The Morgan fingerprint density at radius 3 is 2.79 bits per heavy atom. The molecule has 0 aromatic heterocycles. The Bertz CT molecular complexity index is 424. The van der Waals surface area contributed by atoms with Crippen LogP contribution in [0.5, 0.6) is 0 Å². The van der Waals surface area contributed by atoms with E-state index in [1.54, 1.807) is 0 Å². The first-order chi connectivity index (χ1) is 8.99. The minimum atomic E-state index is -0.514. The number of nitrogens with one attached hydrogen (secondary N) is 1. The van der Waals surface area contributed by atoms with Gasteiger partial charge in [-0.05, 0) is 32.0 Å². The monoisotopic (exact) mass is 270 g/mol. The Morgan fingerprint density at radius 2 is 2.16 bits per heavy atom. The summed E-state index contributed by atoms with van der Waals surface area (Å²) in [6, 6.07) is 3.99. The van der Waals surface area contributed by atoms with Crippen LogP contribution in [-0.4, -0.2) is 31.8 Å². The van der Waals surface area contributed by atoms with Crippen molar-refractivity contribution in [2.75, 3.05) is 30.9 Å². The van der Waals surface area contributed by atoms with Gasteiger partial charge in [0.05, 0.1) is 25.0 Å². The van der Waals surface area contributed by atoms with Crippen molar-refractivity contribution in [2.45, 2.75) is 20.0 Å². The van der Waals surface area contributed by atoms with Crippen molar-refractivity contribution in [1.29, 1.82) is 0 Å². The number of ether oxygens (including phenoxy) is 2. The van der Waals surface area contributed by atoms with Crippen molar-refractivity contribution in [3.8, 4) is 0 Å². The number of nitrogen functional groups attached to an aromatic ring is 1. The lowest BCUT2D eigenvalue weighted by molar-refractivity contribution is -0.121. The molecule has 0 aliphatic heterocycles. The van der Waals surface area contributed by atoms with Crippen molar-refractivity contribution in [1.82, 2.24) is 0 Å². The first kappa shape index (κ1) is 15.4. The average Bonchev–Trinajstić information content (AvgIpc) is 2.33. The van der Waals surface area contributed by atoms with Crippen LogP contribution in [0.25, 0.3) is 0 Å². The molecule has 0 unspecified atom stereocenters. The molecule has 0 heterocycles. The third-order valence-corrected chi connectivity index (χ3v) is 2.19. The first-order valence-corrected chi connectivity index (χ1v) is 6.03. The molecule has 1 rings (SSSR count). The van der Waals surface area contributed by atoms with Crippen LogP contribution in [0.1, 0.15) is 13.8 Å². The molecule has 6 heteroatoms. The average molecular weight is 270 g/mol. The molecule has 1 aromatic carbocycles. The lowest BCUT2D eigenvalue weighted by Crippen LogP contribution is -2.20. The number of hydrogen-bond donors (Lipinski definition) is 2. The zero-order chi connectivity index (χ0) is 14.3. The highest BCUT2D eigenvalue weighted by Gasteiger charge is 2.05. The zero-order valence-corrected chi connectivity index (χ0v) is 11.1. The van der Waals surface area contributed by atoms with E-state index in [-0.39, 0.29) is 24.3 Å². The summed E-state index contributed by atoms with van der Waals surface area (Å²) in [5.74, 6) is -0.837. The lowest BCUT2D eigenvalue weighted by Gasteiger charge is -2.09. The fraction of sp³-hybridized carbons (Fsp3) is 0.462. The molecule has 0 aliphatic rings. The molecule has 0 saturated carbocycles. The number of amides is 1. The highest BCUT2D eigenvalue weighted by Crippen LogP contribution is 2.15. The Kier molecular flexibility index (Phi) is 6.24. The fourth-order valence-corrected chi connectivity index (χ4v) is 1.33. The molecule has 106 valence electrons. The number of hydrogen-bond acceptors (Lipinski definition) is 4. The summed E-state index contributed by atoms with van der Waals surface area (Å²) in [7, 11) is 0. The van der Waals surface area contributed by atoms with Gasteiger partial charge in [0.25, 0.3) is 0 Å². The van der Waals surface area contributed by atoms with Gasteiger partial charge in [0.1, 0.15) is 12.4 Å². The van der Waals surface area contributed by atoms with Gasteiger partial charge in [-0.25, -0.2) is 4.39 Å². The predicted molar refractivity (Wildman–Crippen MR) is 71.3 cm³/mol. The maximum atomic E-state index is 12.9. The second-order valence-electron chi connectivity index (χ2n) is 4.26. The van der Waals surface area contributed by atoms with Gasteiger partial charge in [-0.1, -0.05) is 0 Å². The standard InChI is InChI=1S/C13H19FN2O3/c1-9(2)19-6-5-18-8-13(17)16-10-3-4-11(14)12(15)7-10/h3-4,7,9H,5-6,8,15H2,1-2H3,(H,16,17). The summed E-state index contributed by atoms with van der Waals surface area (Å²) in [5, 5.41) is 2.56. The third kappa shape index (κ3) is 6.17. The van der Waals surface area contributed by atoms with Crippen molar-refractivity contribution in [3.63, 3.8) is 0 Å². The molecule has 0 saturated heterocycles. The number of carbonyl (C=O) groups excluding carboxylic acids is 1. The number of benzene rings is 1. The van der Waals surface area contributed by atoms with Crippen LogP contribution in [0.3, 0.4) is 0 Å². The summed E-state index contributed by atoms with van der Waals surface area (Å²) in [6.45, 7) is 4.54. The molecule has 19 heavy (non-hydrogen) atoms. The van der Waals surface area contributed by atoms with Gasteiger partial charge in [0.15, 0.2) is 0 Å². The Hall–Kier alpha value is -1.66. The van der Waals surface area contributed by atoms with E-state index in [0.29, 0.717) is 18.9 Å². The Labute approximate surface area is 111 Å². The van der Waals surface area contributed by atoms with Gasteiger partial charge < -0.3 is 20.5 Å². The van der Waals surface area contributed by atoms with E-state index in [9.17, 15) is 9.18 Å². The normalized spacial score (nSPS) is 10.7. The molecule has 0 fully saturated rings. The molecular formula is C13H19FN2O3. The molecule has 5 nitrogen and oxygen atoms in total. The second kappa shape index (κ2) is 7.70. The highest BCUT2D eigenvalue weighted by atomic mass is 19.1. The van der Waals surface area contributed by atoms with E-state index in [2.05, 4.69) is 5.32 Å². The SMILES string of the molecule is CC(C)OCCOCC(=O)Nc1ccc(F)c(N)c1. The van der Waals surface area contributed by atoms with Gasteiger partial charge in [-0.15, -0.1) is 0 Å². The largest absolute Gasteiger partial charge is 0.396 e. The van der Waals surface area contributed by atoms with Crippen LogP contribution >= 0.6 is 0 Å². The molecule has 1 amide bonds. The third-order valence-electron chi connectivity index (χ3n) is 2.19. The predicted octanol–water partition coefficient (Wildman–Crippen LogP) is 1.79. The number of halogens is 1. The molecule has 0 atom stereocenters. The van der Waals surface area contributed by atoms with Crippen molar-refractivity contribution >= 4 is 17.3 Å². The lowest BCUT2D eigenvalue weighted by atomic mass is 10.2. The molecular weight excluding hydrogens is 251 g/mol. The van der Waals surface area contributed by atoms with Gasteiger partial charge in [0, 0.05) is 5.69 Å². The van der Waals surface area contributed by atoms with Crippen molar-refractivity contribution < 1.29 is 18.7 Å². The van der Waals surface area contributed by atoms with E-state index in [4.69, 9.17) is 15.2 Å². The minimum absolute atomic E-state index is 0.0101. The van der Waals surface area contributed by atoms with E-state index < -0.39 is 5.82 Å². The van der Waals surface area contributed by atoms with Gasteiger partial charge >= 0.3 is 0 Å². The van der Waals surface area contributed by atoms with Gasteiger partial charge in [0.2, 0.25) is 5.91 Å². The number of rotatable bonds is 7. The van der Waals surface area contributed by atoms with E-state index in [1.807, 2.05) is 13.8 Å². The van der Waals surface area contributed by atoms with Crippen LogP contribution in [0.4, 0.5) is 15.8 Å². The van der Waals surface area contributed by atoms with E-state index in [1.165, 1.54) is 18.2 Å². The van der Waals surface area contributed by atoms with Crippen molar-refractivity contribution in [3.05, 3.63) is 24.0 Å². The number of anilines is 2. The van der Waals surface area contributed by atoms with Crippen LogP contribution in [0, 0.1) is 5.82 Å². The molecule has 0 spiro atoms. The molecule has 0 radical (unpaired) electrons. The van der Waals surface area contributed by atoms with E-state index in [0.717, 1.165) is 0 Å². The second-order valence-corrected chi connectivity index (χ2v) is 4.26. The molecule has 0 aliphatic carbocycles. The minimum Gasteiger partial charge on any atom is -0.396 e. The summed E-state index contributed by atoms with van der Waals surface area (Å²) in [5.41, 5.74) is 5.82. The van der Waals surface area contributed by atoms with Crippen molar-refractivity contribution in [2.24, 2.45) is 0 Å². The maximum Gasteiger partial charge on any atom is 0.250 e. The Morgan fingerprint density at radius 1 is 1.42 bits per heavy atom. The molecule has 0 bridgehead atoms. The summed E-state index contributed by atoms with van der Waals surface area (Å²) in [6.07, 6.45) is 0.139. The summed E-state index contributed by atoms with van der Waals surface area (Å²) in [4.78, 5) is 11.5. The molecule has 3 N–H and O–H groups in total. The van der Waals surface area contributed by atoms with Gasteiger partial charge in [-0.2, -0.15) is 0 Å². The van der Waals surface area contributed by atoms with Crippen LogP contribution in [-0.2, 0) is 14.3 Å². The highest BCUT2D eigenvalue weighted by molar-refractivity contribution is 5.92. The topological polar surface area (TPSA) is 73.6 Å². The number of carbonyl (C=O) groups is 1. The number of nitrogens with two attached hydrogens (primary N) is 1. The van der Waals surface area contributed by atoms with Crippen LogP contribution in [0.2, 0.25) is 0 Å². The molecule has 1 aromatic rings. The van der Waals surface area contributed by atoms with E-state index >= 15 is 0 Å². The summed E-state index contributed by atoms with van der Waals surface area (Å²) >= 11 is 0. The first-order valence-electron chi connectivity index (χ1n) is 6.03.